The minimum atomic E-state index is -0.676. The quantitative estimate of drug-likeness (QED) is 0.281. The van der Waals surface area contributed by atoms with Crippen molar-refractivity contribution in [2.45, 2.75) is 12.7 Å². The fraction of sp³-hybridized carbons (Fsp3) is 0.190. The van der Waals surface area contributed by atoms with E-state index in [1.165, 1.54) is 12.1 Å². The monoisotopic (exact) mass is 394 g/mol. The molecule has 0 spiro atoms. The minimum Gasteiger partial charge on any atom is -0.416 e. The van der Waals surface area contributed by atoms with E-state index >= 15 is 0 Å². The molecule has 0 radical (unpaired) electrons. The Kier molecular flexibility index (Phi) is 5.37. The highest BCUT2D eigenvalue weighted by Crippen LogP contribution is 2.33. The Balaban J connectivity index is 1.53. The Hall–Kier alpha value is -3.49. The van der Waals surface area contributed by atoms with Crippen molar-refractivity contribution in [2.24, 2.45) is 0 Å². The third kappa shape index (κ3) is 4.18. The summed E-state index contributed by atoms with van der Waals surface area (Å²) >= 11 is 0. The van der Waals surface area contributed by atoms with Crippen LogP contribution in [0.25, 0.3) is 5.69 Å². The summed E-state index contributed by atoms with van der Waals surface area (Å²) in [4.78, 5) is 23.4. The van der Waals surface area contributed by atoms with Gasteiger partial charge in [0.05, 0.1) is 23.7 Å². The molecule has 2 heterocycles. The van der Waals surface area contributed by atoms with E-state index in [4.69, 9.17) is 14.2 Å². The van der Waals surface area contributed by atoms with Gasteiger partial charge >= 0.3 is 11.7 Å². The van der Waals surface area contributed by atoms with E-state index in [1.807, 2.05) is 29.1 Å². The van der Waals surface area contributed by atoms with Gasteiger partial charge in [-0.15, -0.1) is 0 Å². The van der Waals surface area contributed by atoms with Gasteiger partial charge in [0, 0.05) is 29.7 Å². The second kappa shape index (κ2) is 8.26. The molecule has 0 amide bonds. The first-order chi connectivity index (χ1) is 14.1. The molecule has 8 nitrogen and oxygen atoms in total. The number of rotatable bonds is 5. The number of benzene rings is 2. The number of ether oxygens (including phenoxy) is 3. The fourth-order valence-corrected chi connectivity index (χ4v) is 3.03. The summed E-state index contributed by atoms with van der Waals surface area (Å²) in [5, 5.41) is 11.5. The van der Waals surface area contributed by atoms with Crippen LogP contribution in [0, 0.1) is 10.1 Å². The van der Waals surface area contributed by atoms with Gasteiger partial charge in [-0.25, -0.2) is 4.79 Å². The van der Waals surface area contributed by atoms with Gasteiger partial charge in [-0.1, -0.05) is 0 Å². The zero-order valence-corrected chi connectivity index (χ0v) is 15.4. The maximum Gasteiger partial charge on any atom is 0.343 e. The van der Waals surface area contributed by atoms with Gasteiger partial charge in [0.25, 0.3) is 0 Å². The van der Waals surface area contributed by atoms with E-state index in [0.29, 0.717) is 24.3 Å². The average molecular weight is 394 g/mol. The summed E-state index contributed by atoms with van der Waals surface area (Å²) in [6, 6.07) is 14.9. The molecule has 0 N–H and O–H groups in total. The highest BCUT2D eigenvalue weighted by molar-refractivity contribution is 5.91. The lowest BCUT2D eigenvalue weighted by atomic mass is 10.1. The molecule has 1 aliphatic heterocycles. The third-order valence-electron chi connectivity index (χ3n) is 4.49. The molecule has 0 aliphatic carbocycles. The Bertz CT molecular complexity index is 1010. The van der Waals surface area contributed by atoms with Gasteiger partial charge in [-0.3, -0.25) is 10.1 Å². The first-order valence-electron chi connectivity index (χ1n) is 9.09. The first-order valence-corrected chi connectivity index (χ1v) is 9.09. The molecule has 0 atom stereocenters. The van der Waals surface area contributed by atoms with Crippen LogP contribution in [0.2, 0.25) is 0 Å². The summed E-state index contributed by atoms with van der Waals surface area (Å²) < 4.78 is 18.1. The number of nitro groups is 1. The van der Waals surface area contributed by atoms with Crippen molar-refractivity contribution in [1.29, 1.82) is 0 Å². The molecule has 148 valence electrons. The van der Waals surface area contributed by atoms with Gasteiger partial charge in [-0.2, -0.15) is 0 Å². The van der Waals surface area contributed by atoms with Gasteiger partial charge in [-0.05, 0) is 55.0 Å². The lowest BCUT2D eigenvalue weighted by molar-refractivity contribution is -0.385. The standard InChI is InChI=1S/C21H18N2O6/c24-20(15-4-7-17(8-5-15)22-10-1-2-11-22)29-19-9-6-16(14-18(19)23(25)26)21-27-12-3-13-28-21/h1-2,4-11,14,21H,3,12-13H2. The third-order valence-corrected chi connectivity index (χ3v) is 4.49. The van der Waals surface area contributed by atoms with Crippen LogP contribution in [-0.4, -0.2) is 28.7 Å². The second-order valence-corrected chi connectivity index (χ2v) is 6.44. The van der Waals surface area contributed by atoms with Gasteiger partial charge in [0.15, 0.2) is 6.29 Å². The van der Waals surface area contributed by atoms with Crippen molar-refractivity contribution in [2.75, 3.05) is 13.2 Å². The molecule has 0 bridgehead atoms. The molecule has 0 unspecified atom stereocenters. The fourth-order valence-electron chi connectivity index (χ4n) is 3.03. The lowest BCUT2D eigenvalue weighted by Crippen LogP contribution is -2.18. The van der Waals surface area contributed by atoms with Crippen LogP contribution in [0.5, 0.6) is 5.75 Å². The number of carbonyl (C=O) groups excluding carboxylic acids is 1. The highest BCUT2D eigenvalue weighted by atomic mass is 16.7. The Labute approximate surface area is 166 Å². The van der Waals surface area contributed by atoms with Crippen LogP contribution in [0.15, 0.2) is 67.0 Å². The molecule has 8 heteroatoms. The number of esters is 1. The minimum absolute atomic E-state index is 0.131. The molecule has 1 aromatic heterocycles. The SMILES string of the molecule is O=C(Oc1ccc(C2OCCCO2)cc1[N+](=O)[O-])c1ccc(-n2cccc2)cc1. The molecular formula is C21H18N2O6. The first kappa shape index (κ1) is 18.9. The largest absolute Gasteiger partial charge is 0.416 e. The Morgan fingerprint density at radius 1 is 1.07 bits per heavy atom. The van der Waals surface area contributed by atoms with Crippen molar-refractivity contribution >= 4 is 11.7 Å². The van der Waals surface area contributed by atoms with Crippen LogP contribution in [-0.2, 0) is 9.47 Å². The maximum atomic E-state index is 12.5. The van der Waals surface area contributed by atoms with Crippen molar-refractivity contribution in [3.8, 4) is 11.4 Å². The van der Waals surface area contributed by atoms with E-state index in [2.05, 4.69) is 0 Å². The van der Waals surface area contributed by atoms with E-state index in [1.54, 1.807) is 30.3 Å². The Morgan fingerprint density at radius 3 is 2.41 bits per heavy atom. The van der Waals surface area contributed by atoms with Crippen molar-refractivity contribution in [3.63, 3.8) is 0 Å². The predicted octanol–water partition coefficient (Wildman–Crippen LogP) is 4.04. The smallest absolute Gasteiger partial charge is 0.343 e. The zero-order valence-electron chi connectivity index (χ0n) is 15.4. The molecule has 1 fully saturated rings. The topological polar surface area (TPSA) is 92.8 Å². The summed E-state index contributed by atoms with van der Waals surface area (Å²) in [5.74, 6) is -0.806. The number of aromatic nitrogens is 1. The van der Waals surface area contributed by atoms with E-state index in [-0.39, 0.29) is 11.4 Å². The molecule has 3 aromatic rings. The highest BCUT2D eigenvalue weighted by Gasteiger charge is 2.24. The molecule has 2 aromatic carbocycles. The number of hydrogen-bond donors (Lipinski definition) is 0. The lowest BCUT2D eigenvalue weighted by Gasteiger charge is -2.23. The van der Waals surface area contributed by atoms with Gasteiger partial charge < -0.3 is 18.8 Å². The van der Waals surface area contributed by atoms with Crippen molar-refractivity contribution in [1.82, 2.24) is 4.57 Å². The van der Waals surface area contributed by atoms with Crippen LogP contribution in [0.3, 0.4) is 0 Å². The summed E-state index contributed by atoms with van der Waals surface area (Å²) in [6.07, 6.45) is 3.89. The number of nitrogens with zero attached hydrogens (tertiary/aromatic N) is 2. The Morgan fingerprint density at radius 2 is 1.76 bits per heavy atom. The average Bonchev–Trinajstić information content (AvgIpc) is 3.29. The second-order valence-electron chi connectivity index (χ2n) is 6.44. The number of nitro benzene ring substituents is 1. The van der Waals surface area contributed by atoms with Crippen LogP contribution in [0.1, 0.15) is 28.6 Å². The van der Waals surface area contributed by atoms with Crippen molar-refractivity contribution in [3.05, 3.63) is 88.2 Å². The van der Waals surface area contributed by atoms with Gasteiger partial charge in [0.2, 0.25) is 5.75 Å². The molecule has 1 aliphatic rings. The predicted molar refractivity (Wildman–Crippen MR) is 103 cm³/mol. The molecule has 29 heavy (non-hydrogen) atoms. The number of hydrogen-bond acceptors (Lipinski definition) is 6. The molecule has 4 rings (SSSR count). The van der Waals surface area contributed by atoms with Crippen LogP contribution >= 0.6 is 0 Å². The normalized spacial score (nSPS) is 14.5. The summed E-state index contributed by atoms with van der Waals surface area (Å²) in [5.41, 5.74) is 1.36. The molecule has 0 saturated carbocycles. The summed E-state index contributed by atoms with van der Waals surface area (Å²) in [7, 11) is 0. The summed E-state index contributed by atoms with van der Waals surface area (Å²) in [6.45, 7) is 1.04. The molecule has 1 saturated heterocycles. The number of carbonyl (C=O) groups is 1. The van der Waals surface area contributed by atoms with E-state index in [9.17, 15) is 14.9 Å². The maximum absolute atomic E-state index is 12.5. The van der Waals surface area contributed by atoms with Crippen LogP contribution < -0.4 is 4.74 Å². The van der Waals surface area contributed by atoms with Crippen LogP contribution in [0.4, 0.5) is 5.69 Å². The van der Waals surface area contributed by atoms with E-state index < -0.39 is 17.2 Å². The molecular weight excluding hydrogens is 376 g/mol. The van der Waals surface area contributed by atoms with E-state index in [0.717, 1.165) is 12.1 Å². The zero-order chi connectivity index (χ0) is 20.2. The van der Waals surface area contributed by atoms with Gasteiger partial charge in [0.1, 0.15) is 0 Å². The van der Waals surface area contributed by atoms with Crippen molar-refractivity contribution < 1.29 is 23.9 Å².